The third-order valence-corrected chi connectivity index (χ3v) is 6.48. The molecule has 5 rings (SSSR count). The number of hydrogen-bond donors (Lipinski definition) is 3. The molecule has 0 atom stereocenters. The number of methoxy groups -OCH3 is 1. The lowest BCUT2D eigenvalue weighted by Gasteiger charge is -2.30. The highest BCUT2D eigenvalue weighted by molar-refractivity contribution is 6.42. The first kappa shape index (κ1) is 23.2. The topological polar surface area (TPSA) is 104 Å². The summed E-state index contributed by atoms with van der Waals surface area (Å²) in [6.07, 6.45) is 1.53. The van der Waals surface area contributed by atoms with Crippen molar-refractivity contribution in [2.24, 2.45) is 0 Å². The van der Waals surface area contributed by atoms with Crippen molar-refractivity contribution in [3.05, 3.63) is 69.1 Å². The number of fused-ring (bicyclic) bond motifs is 1. The van der Waals surface area contributed by atoms with Crippen LogP contribution in [0.1, 0.15) is 0 Å². The second-order valence-electron chi connectivity index (χ2n) is 7.87. The first-order valence-electron chi connectivity index (χ1n) is 10.9. The Balaban J connectivity index is 1.54. The lowest BCUT2D eigenvalue weighted by atomic mass is 10.2. The van der Waals surface area contributed by atoms with Crippen molar-refractivity contribution in [1.29, 1.82) is 0 Å². The number of nitrogens with zero attached hydrogens (tertiary/aromatic N) is 3. The van der Waals surface area contributed by atoms with Crippen LogP contribution >= 0.6 is 23.2 Å². The van der Waals surface area contributed by atoms with Gasteiger partial charge in [0, 0.05) is 49.4 Å². The molecular weight excluding hydrogens is 491 g/mol. The molecule has 180 valence electrons. The highest BCUT2D eigenvalue weighted by Crippen LogP contribution is 2.37. The predicted octanol–water partition coefficient (Wildman–Crippen LogP) is 4.58. The number of nitrogens with one attached hydrogen (secondary N) is 3. The molecule has 9 nitrogen and oxygen atoms in total. The molecule has 0 radical (unpaired) electrons. The minimum atomic E-state index is -0.388. The van der Waals surface area contributed by atoms with Crippen LogP contribution < -0.4 is 30.6 Å². The Morgan fingerprint density at radius 3 is 2.71 bits per heavy atom. The zero-order chi connectivity index (χ0) is 24.4. The molecule has 0 aliphatic carbocycles. The molecule has 3 N–H and O–H groups in total. The summed E-state index contributed by atoms with van der Waals surface area (Å²) in [6, 6.07) is 12.6. The van der Waals surface area contributed by atoms with Gasteiger partial charge in [0.05, 0.1) is 29.4 Å². The van der Waals surface area contributed by atoms with E-state index in [2.05, 4.69) is 30.7 Å². The van der Waals surface area contributed by atoms with Crippen LogP contribution in [0.15, 0.2) is 53.5 Å². The van der Waals surface area contributed by atoms with Crippen LogP contribution in [-0.4, -0.2) is 48.5 Å². The Bertz CT molecular complexity index is 1440. The molecule has 1 aliphatic rings. The summed E-state index contributed by atoms with van der Waals surface area (Å²) in [6.45, 7) is 3.68. The van der Waals surface area contributed by atoms with E-state index in [1.165, 1.54) is 6.20 Å². The van der Waals surface area contributed by atoms with Gasteiger partial charge in [-0.05, 0) is 24.3 Å². The summed E-state index contributed by atoms with van der Waals surface area (Å²) < 4.78 is 11.6. The number of aromatic nitrogens is 3. The van der Waals surface area contributed by atoms with Gasteiger partial charge in [-0.1, -0.05) is 29.3 Å². The minimum Gasteiger partial charge on any atom is -0.494 e. The Labute approximate surface area is 211 Å². The van der Waals surface area contributed by atoms with E-state index in [0.29, 0.717) is 33.0 Å². The van der Waals surface area contributed by atoms with Gasteiger partial charge in [0.1, 0.15) is 22.3 Å². The molecule has 2 aromatic heterocycles. The zero-order valence-corrected chi connectivity index (χ0v) is 20.3. The Kier molecular flexibility index (Phi) is 6.63. The average molecular weight is 513 g/mol. The second kappa shape index (κ2) is 9.99. The van der Waals surface area contributed by atoms with E-state index in [1.807, 2.05) is 18.2 Å². The molecule has 0 unspecified atom stereocenters. The molecule has 0 amide bonds. The quantitative estimate of drug-likeness (QED) is 0.344. The van der Waals surface area contributed by atoms with E-state index in [4.69, 9.17) is 32.7 Å². The van der Waals surface area contributed by atoms with Crippen molar-refractivity contribution in [3.8, 4) is 17.4 Å². The van der Waals surface area contributed by atoms with Gasteiger partial charge in [-0.2, -0.15) is 10.1 Å². The molecular formula is C24H22Cl2N6O3. The SMILES string of the molecule is COc1cc(N2CCNCC2)ccc1Nc1nc(Oc2cccc(Cl)c2Cl)cc2cn[nH]c(=O)c12. The van der Waals surface area contributed by atoms with Crippen LogP contribution in [0.5, 0.6) is 17.4 Å². The second-order valence-corrected chi connectivity index (χ2v) is 8.66. The molecule has 1 aliphatic heterocycles. The van der Waals surface area contributed by atoms with Gasteiger partial charge >= 0.3 is 0 Å². The maximum atomic E-state index is 12.7. The maximum Gasteiger partial charge on any atom is 0.275 e. The van der Waals surface area contributed by atoms with Crippen molar-refractivity contribution >= 4 is 51.2 Å². The number of pyridine rings is 1. The van der Waals surface area contributed by atoms with Crippen LogP contribution in [0.3, 0.4) is 0 Å². The summed E-state index contributed by atoms with van der Waals surface area (Å²) in [5.41, 5.74) is 1.32. The van der Waals surface area contributed by atoms with E-state index >= 15 is 0 Å². The summed E-state index contributed by atoms with van der Waals surface area (Å²) >= 11 is 12.4. The Morgan fingerprint density at radius 1 is 1.09 bits per heavy atom. The number of rotatable bonds is 6. The highest BCUT2D eigenvalue weighted by atomic mass is 35.5. The number of piperazine rings is 1. The number of ether oxygens (including phenoxy) is 2. The Morgan fingerprint density at radius 2 is 1.91 bits per heavy atom. The minimum absolute atomic E-state index is 0.216. The number of aromatic amines is 1. The van der Waals surface area contributed by atoms with E-state index in [1.54, 1.807) is 31.4 Å². The van der Waals surface area contributed by atoms with Crippen LogP contribution in [0.25, 0.3) is 10.8 Å². The Hall–Kier alpha value is -3.53. The molecule has 0 spiro atoms. The van der Waals surface area contributed by atoms with Crippen molar-refractivity contribution in [2.45, 2.75) is 0 Å². The first-order valence-corrected chi connectivity index (χ1v) is 11.7. The highest BCUT2D eigenvalue weighted by Gasteiger charge is 2.17. The van der Waals surface area contributed by atoms with Gasteiger partial charge < -0.3 is 25.0 Å². The number of anilines is 3. The summed E-state index contributed by atoms with van der Waals surface area (Å²) in [4.78, 5) is 19.5. The van der Waals surface area contributed by atoms with Crippen LogP contribution in [-0.2, 0) is 0 Å². The van der Waals surface area contributed by atoms with Crippen molar-refractivity contribution in [1.82, 2.24) is 20.5 Å². The largest absolute Gasteiger partial charge is 0.494 e. The lowest BCUT2D eigenvalue weighted by Crippen LogP contribution is -2.43. The standard InChI is InChI=1S/C24H22Cl2N6O3/c1-34-19-12-15(32-9-7-27-8-10-32)5-6-17(19)29-23-21-14(13-28-31-24(21)33)11-20(30-23)35-18-4-2-3-16(25)22(18)26/h2-6,11-13,27H,7-10H2,1H3,(H,29,30)(H,31,33). The fourth-order valence-corrected chi connectivity index (χ4v) is 4.28. The smallest absolute Gasteiger partial charge is 0.275 e. The number of benzene rings is 2. The molecule has 11 heteroatoms. The molecule has 3 heterocycles. The van der Waals surface area contributed by atoms with Crippen molar-refractivity contribution in [2.75, 3.05) is 43.5 Å². The molecule has 0 saturated carbocycles. The monoisotopic (exact) mass is 512 g/mol. The van der Waals surface area contributed by atoms with Gasteiger partial charge in [-0.25, -0.2) is 5.10 Å². The fourth-order valence-electron chi connectivity index (χ4n) is 3.95. The van der Waals surface area contributed by atoms with E-state index < -0.39 is 0 Å². The molecule has 4 aromatic rings. The third kappa shape index (κ3) is 4.84. The van der Waals surface area contributed by atoms with Gasteiger partial charge in [-0.15, -0.1) is 0 Å². The summed E-state index contributed by atoms with van der Waals surface area (Å²) in [7, 11) is 1.60. The molecule has 1 saturated heterocycles. The number of hydrogen-bond acceptors (Lipinski definition) is 8. The van der Waals surface area contributed by atoms with Gasteiger partial charge in [0.2, 0.25) is 5.88 Å². The van der Waals surface area contributed by atoms with Gasteiger partial charge in [0.25, 0.3) is 5.56 Å². The predicted molar refractivity (Wildman–Crippen MR) is 138 cm³/mol. The lowest BCUT2D eigenvalue weighted by molar-refractivity contribution is 0.416. The number of halogens is 2. The van der Waals surface area contributed by atoms with E-state index in [0.717, 1.165) is 31.9 Å². The summed E-state index contributed by atoms with van der Waals surface area (Å²) in [5.74, 6) is 1.46. The van der Waals surface area contributed by atoms with Crippen LogP contribution in [0.2, 0.25) is 10.0 Å². The fraction of sp³-hybridized carbons (Fsp3) is 0.208. The van der Waals surface area contributed by atoms with Crippen LogP contribution in [0, 0.1) is 0 Å². The van der Waals surface area contributed by atoms with E-state index in [-0.39, 0.29) is 22.3 Å². The average Bonchev–Trinajstić information content (AvgIpc) is 2.87. The molecule has 35 heavy (non-hydrogen) atoms. The normalized spacial score (nSPS) is 13.6. The zero-order valence-electron chi connectivity index (χ0n) is 18.8. The van der Waals surface area contributed by atoms with Crippen molar-refractivity contribution < 1.29 is 9.47 Å². The van der Waals surface area contributed by atoms with E-state index in [9.17, 15) is 4.79 Å². The van der Waals surface area contributed by atoms with Crippen LogP contribution in [0.4, 0.5) is 17.2 Å². The first-order chi connectivity index (χ1) is 17.0. The van der Waals surface area contributed by atoms with Gasteiger partial charge in [-0.3, -0.25) is 4.79 Å². The molecule has 0 bridgehead atoms. The number of H-pyrrole nitrogens is 1. The van der Waals surface area contributed by atoms with Gasteiger partial charge in [0.15, 0.2) is 0 Å². The van der Waals surface area contributed by atoms with Crippen molar-refractivity contribution in [3.63, 3.8) is 0 Å². The molecule has 1 fully saturated rings. The summed E-state index contributed by atoms with van der Waals surface area (Å²) in [5, 5.41) is 14.4. The maximum absolute atomic E-state index is 12.7. The third-order valence-electron chi connectivity index (χ3n) is 5.67. The molecule has 2 aromatic carbocycles.